The van der Waals surface area contributed by atoms with E-state index in [-0.39, 0.29) is 12.5 Å². The van der Waals surface area contributed by atoms with Gasteiger partial charge < -0.3 is 40.3 Å². The fourth-order valence-electron chi connectivity index (χ4n) is 10.6. The van der Waals surface area contributed by atoms with Crippen LogP contribution in [0, 0.1) is 0 Å². The van der Waals surface area contributed by atoms with Crippen LogP contribution in [0.3, 0.4) is 0 Å². The van der Waals surface area contributed by atoms with Gasteiger partial charge in [-0.1, -0.05) is 315 Å². The van der Waals surface area contributed by atoms with Gasteiger partial charge in [-0.3, -0.25) is 4.79 Å². The lowest BCUT2D eigenvalue weighted by Crippen LogP contribution is -2.60. The Bertz CT molecular complexity index is 1140. The minimum absolute atomic E-state index is 0.170. The smallest absolute Gasteiger partial charge is 0.220 e. The van der Waals surface area contributed by atoms with Crippen LogP contribution in [0.4, 0.5) is 0 Å². The maximum Gasteiger partial charge on any atom is 0.220 e. The van der Waals surface area contributed by atoms with Gasteiger partial charge in [0.05, 0.1) is 25.4 Å². The van der Waals surface area contributed by atoms with Gasteiger partial charge in [0.1, 0.15) is 24.4 Å². The Morgan fingerprint density at radius 1 is 0.458 bits per heavy atom. The zero-order chi connectivity index (χ0) is 52.2. The first-order chi connectivity index (χ1) is 35.3. The summed E-state index contributed by atoms with van der Waals surface area (Å²) in [7, 11) is 0. The van der Waals surface area contributed by atoms with Crippen LogP contribution in [-0.4, -0.2) is 87.5 Å². The van der Waals surface area contributed by atoms with Crippen molar-refractivity contribution >= 4 is 5.91 Å². The first-order valence-electron chi connectivity index (χ1n) is 31.9. The lowest BCUT2D eigenvalue weighted by molar-refractivity contribution is -0.302. The van der Waals surface area contributed by atoms with Gasteiger partial charge in [-0.2, -0.15) is 0 Å². The molecule has 0 radical (unpaired) electrons. The molecule has 0 spiro atoms. The molecule has 2 unspecified atom stereocenters. The Morgan fingerprint density at radius 2 is 0.764 bits per heavy atom. The predicted octanol–water partition coefficient (Wildman–Crippen LogP) is 16.4. The van der Waals surface area contributed by atoms with Crippen LogP contribution in [-0.2, 0) is 14.3 Å². The van der Waals surface area contributed by atoms with E-state index in [0.717, 1.165) is 38.5 Å². The van der Waals surface area contributed by atoms with E-state index in [4.69, 9.17) is 9.47 Å². The Hall–Kier alpha value is -1.07. The summed E-state index contributed by atoms with van der Waals surface area (Å²) in [5.41, 5.74) is 0. The van der Waals surface area contributed by atoms with Crippen molar-refractivity contribution < 1.29 is 39.8 Å². The highest BCUT2D eigenvalue weighted by Gasteiger charge is 2.44. The second kappa shape index (κ2) is 53.3. The summed E-state index contributed by atoms with van der Waals surface area (Å²) in [5.74, 6) is -0.170. The summed E-state index contributed by atoms with van der Waals surface area (Å²) < 4.78 is 11.3. The topological polar surface area (TPSA) is 149 Å². The quantitative estimate of drug-likeness (QED) is 0.0261. The molecule has 7 atom stereocenters. The summed E-state index contributed by atoms with van der Waals surface area (Å²) in [4.78, 5) is 13.0. The van der Waals surface area contributed by atoms with Gasteiger partial charge in [-0.05, 0) is 19.3 Å². The molecule has 1 rings (SSSR count). The number of hydrogen-bond donors (Lipinski definition) is 6. The van der Waals surface area contributed by atoms with Gasteiger partial charge in [-0.15, -0.1) is 0 Å². The fraction of sp³-hybridized carbons (Fsp3) is 0.952. The van der Waals surface area contributed by atoms with Crippen molar-refractivity contribution in [3.8, 4) is 0 Å². The molecule has 1 amide bonds. The van der Waals surface area contributed by atoms with Crippen LogP contribution in [0.5, 0.6) is 0 Å². The molecule has 0 saturated carbocycles. The van der Waals surface area contributed by atoms with Crippen LogP contribution < -0.4 is 5.32 Å². The molecule has 428 valence electrons. The lowest BCUT2D eigenvalue weighted by atomic mass is 9.99. The number of hydrogen-bond acceptors (Lipinski definition) is 8. The number of carbonyl (C=O) groups is 1. The number of rotatable bonds is 56. The molecule has 1 fully saturated rings. The number of carbonyl (C=O) groups excluding carboxylic acids is 1. The van der Waals surface area contributed by atoms with E-state index in [9.17, 15) is 30.3 Å². The number of nitrogens with one attached hydrogen (secondary N) is 1. The minimum atomic E-state index is -1.56. The van der Waals surface area contributed by atoms with Crippen LogP contribution in [0.1, 0.15) is 328 Å². The Balaban J connectivity index is 2.03. The number of unbranched alkanes of at least 4 members (excludes halogenated alkanes) is 46. The monoisotopic (exact) mass is 1020 g/mol. The molecule has 1 aliphatic rings. The number of aliphatic hydroxyl groups is 5. The van der Waals surface area contributed by atoms with E-state index >= 15 is 0 Å². The second-order valence-electron chi connectivity index (χ2n) is 22.6. The standard InChI is InChI=1S/C63H123NO8/c1-3-5-7-9-11-13-15-17-18-19-20-21-22-23-24-25-26-27-28-29-30-31-32-33-34-35-36-37-38-39-41-43-45-47-49-51-53-59(67)64-56(55-71-63-62(70)61(69)60(68)58(54-65)72-63)57(66)52-50-48-46-44-42-40-16-14-12-10-8-6-4-2/h50,52,56-58,60-63,65-66,68-70H,3-49,51,53-55H2,1-2H3,(H,64,67)/b52-50+/t56-,57+,58+,60+,61?,62?,63+/m0/s1. The molecule has 9 nitrogen and oxygen atoms in total. The van der Waals surface area contributed by atoms with Crippen molar-refractivity contribution in [3.05, 3.63) is 12.2 Å². The zero-order valence-corrected chi connectivity index (χ0v) is 47.7. The van der Waals surface area contributed by atoms with E-state index in [0.29, 0.717) is 6.42 Å². The molecule has 0 aliphatic carbocycles. The van der Waals surface area contributed by atoms with E-state index in [1.54, 1.807) is 6.08 Å². The Morgan fingerprint density at radius 3 is 1.08 bits per heavy atom. The van der Waals surface area contributed by atoms with Crippen molar-refractivity contribution in [2.45, 2.75) is 371 Å². The van der Waals surface area contributed by atoms with Crippen LogP contribution >= 0.6 is 0 Å². The number of allylic oxidation sites excluding steroid dienone is 1. The fourth-order valence-corrected chi connectivity index (χ4v) is 10.6. The van der Waals surface area contributed by atoms with Gasteiger partial charge in [0.25, 0.3) is 0 Å². The molecule has 1 heterocycles. The van der Waals surface area contributed by atoms with Gasteiger partial charge in [0.15, 0.2) is 6.29 Å². The predicted molar refractivity (Wildman–Crippen MR) is 304 cm³/mol. The molecule has 6 N–H and O–H groups in total. The number of ether oxygens (including phenoxy) is 2. The van der Waals surface area contributed by atoms with Crippen molar-refractivity contribution in [1.29, 1.82) is 0 Å². The van der Waals surface area contributed by atoms with E-state index in [1.807, 2.05) is 6.08 Å². The second-order valence-corrected chi connectivity index (χ2v) is 22.6. The average Bonchev–Trinajstić information content (AvgIpc) is 3.38. The van der Waals surface area contributed by atoms with Gasteiger partial charge in [0, 0.05) is 6.42 Å². The first kappa shape index (κ1) is 68.9. The van der Waals surface area contributed by atoms with Crippen molar-refractivity contribution in [3.63, 3.8) is 0 Å². The minimum Gasteiger partial charge on any atom is -0.394 e. The van der Waals surface area contributed by atoms with Crippen molar-refractivity contribution in [1.82, 2.24) is 5.32 Å². The summed E-state index contributed by atoms with van der Waals surface area (Å²) >= 11 is 0. The van der Waals surface area contributed by atoms with Crippen molar-refractivity contribution in [2.24, 2.45) is 0 Å². The van der Waals surface area contributed by atoms with Crippen LogP contribution in [0.2, 0.25) is 0 Å². The van der Waals surface area contributed by atoms with Crippen molar-refractivity contribution in [2.75, 3.05) is 13.2 Å². The van der Waals surface area contributed by atoms with Crippen LogP contribution in [0.15, 0.2) is 12.2 Å². The van der Waals surface area contributed by atoms with Gasteiger partial charge >= 0.3 is 0 Å². The largest absolute Gasteiger partial charge is 0.394 e. The molecule has 9 heteroatoms. The van der Waals surface area contributed by atoms with E-state index in [1.165, 1.54) is 270 Å². The number of aliphatic hydroxyl groups excluding tert-OH is 5. The molecule has 1 aliphatic heterocycles. The van der Waals surface area contributed by atoms with Gasteiger partial charge in [0.2, 0.25) is 5.91 Å². The van der Waals surface area contributed by atoms with E-state index < -0.39 is 49.5 Å². The number of amides is 1. The Kier molecular flexibility index (Phi) is 51.1. The molecule has 0 bridgehead atoms. The summed E-state index contributed by atoms with van der Waals surface area (Å²) in [5, 5.41) is 54.4. The highest BCUT2D eigenvalue weighted by Crippen LogP contribution is 2.23. The molecule has 1 saturated heterocycles. The van der Waals surface area contributed by atoms with E-state index in [2.05, 4.69) is 19.2 Å². The molecular formula is C63H123NO8. The molecule has 0 aromatic carbocycles. The summed E-state index contributed by atoms with van der Waals surface area (Å²) in [6.45, 7) is 3.81. The normalized spacial score (nSPS) is 19.1. The van der Waals surface area contributed by atoms with Gasteiger partial charge in [-0.25, -0.2) is 0 Å². The molecule has 0 aromatic rings. The molecule has 72 heavy (non-hydrogen) atoms. The maximum absolute atomic E-state index is 13.0. The third-order valence-corrected chi connectivity index (χ3v) is 15.6. The molecule has 0 aromatic heterocycles. The highest BCUT2D eigenvalue weighted by molar-refractivity contribution is 5.76. The Labute approximate surface area is 446 Å². The first-order valence-corrected chi connectivity index (χ1v) is 31.9. The average molecular weight is 1020 g/mol. The van der Waals surface area contributed by atoms with Crippen LogP contribution in [0.25, 0.3) is 0 Å². The lowest BCUT2D eigenvalue weighted by Gasteiger charge is -2.40. The third-order valence-electron chi connectivity index (χ3n) is 15.6. The third kappa shape index (κ3) is 42.1. The SMILES string of the molecule is CCCCCCCCCCCCC/C=C/[C@@H](O)[C@H](CO[C@@H]1O[C@H](CO)[C@@H](O)C(O)C1O)NC(=O)CCCCCCCCCCCCCCCCCCCCCCCCCCCCCCCCCCCCCC. The highest BCUT2D eigenvalue weighted by atomic mass is 16.7. The summed E-state index contributed by atoms with van der Waals surface area (Å²) in [6, 6.07) is -0.800. The molecular weight excluding hydrogens is 899 g/mol. The summed E-state index contributed by atoms with van der Waals surface area (Å²) in [6.07, 6.45) is 60.4. The zero-order valence-electron chi connectivity index (χ0n) is 47.7. The maximum atomic E-state index is 13.0.